The van der Waals surface area contributed by atoms with E-state index in [2.05, 4.69) is 37.6 Å². The second-order valence-corrected chi connectivity index (χ2v) is 6.98. The highest BCUT2D eigenvalue weighted by Gasteiger charge is 2.49. The lowest BCUT2D eigenvalue weighted by Gasteiger charge is -2.54. The van der Waals surface area contributed by atoms with E-state index >= 15 is 0 Å². The van der Waals surface area contributed by atoms with Gasteiger partial charge in [-0.2, -0.15) is 0 Å². The molecular formula is C19H25NO. The third-order valence-corrected chi connectivity index (χ3v) is 5.63. The van der Waals surface area contributed by atoms with Crippen LogP contribution < -0.4 is 0 Å². The van der Waals surface area contributed by atoms with Crippen molar-refractivity contribution in [3.63, 3.8) is 0 Å². The number of hydrogen-bond acceptors (Lipinski definition) is 2. The molecule has 21 heavy (non-hydrogen) atoms. The molecule has 2 bridgehead atoms. The van der Waals surface area contributed by atoms with Crippen LogP contribution in [0.5, 0.6) is 0 Å². The van der Waals surface area contributed by atoms with Gasteiger partial charge in [0.25, 0.3) is 0 Å². The Labute approximate surface area is 127 Å². The molecule has 3 atom stereocenters. The molecule has 2 nitrogen and oxygen atoms in total. The minimum atomic E-state index is 0.160. The first-order chi connectivity index (χ1) is 10.1. The molecule has 0 aliphatic heterocycles. The Kier molecular flexibility index (Phi) is 3.75. The first-order valence-electron chi connectivity index (χ1n) is 8.00. The highest BCUT2D eigenvalue weighted by molar-refractivity contribution is 5.75. The average molecular weight is 283 g/mol. The molecule has 0 N–H and O–H groups in total. The zero-order valence-electron chi connectivity index (χ0n) is 13.1. The predicted octanol–water partition coefficient (Wildman–Crippen LogP) is 3.60. The van der Waals surface area contributed by atoms with Gasteiger partial charge in [0.1, 0.15) is 6.29 Å². The second-order valence-electron chi connectivity index (χ2n) is 6.98. The Bertz CT molecular complexity index is 565. The molecule has 1 saturated carbocycles. The van der Waals surface area contributed by atoms with Gasteiger partial charge in [0.2, 0.25) is 0 Å². The van der Waals surface area contributed by atoms with Crippen LogP contribution in [-0.2, 0) is 11.8 Å². The predicted molar refractivity (Wildman–Crippen MR) is 86.8 cm³/mol. The van der Waals surface area contributed by atoms with Crippen molar-refractivity contribution in [1.29, 1.82) is 0 Å². The van der Waals surface area contributed by atoms with Crippen molar-refractivity contribution in [2.24, 2.45) is 5.92 Å². The summed E-state index contributed by atoms with van der Waals surface area (Å²) in [6.45, 7) is 7.22. The normalized spacial score (nSPS) is 30.8. The molecular weight excluding hydrogens is 258 g/mol. The standard InChI is InChI=1S/C19H25NO/c1-4-10-20(3)18-16-6-5-9-19(18,2)17-11-14(13-21)7-8-15(17)12-16/h4,7-8,11,13,16,18H,1,5-6,9-10,12H2,2-3H3/t16?,18?,19-/m1/s1. The SMILES string of the molecule is C=CCN(C)C1C2CCC[C@]1(C)c1cc(C=O)ccc1C2. The number of carbonyl (C=O) groups is 1. The van der Waals surface area contributed by atoms with E-state index in [1.807, 2.05) is 12.1 Å². The molecule has 2 unspecified atom stereocenters. The van der Waals surface area contributed by atoms with Gasteiger partial charge in [-0.3, -0.25) is 9.69 Å². The van der Waals surface area contributed by atoms with Gasteiger partial charge in [-0.05, 0) is 49.4 Å². The first kappa shape index (κ1) is 14.5. The van der Waals surface area contributed by atoms with E-state index in [0.717, 1.165) is 30.7 Å². The molecule has 112 valence electrons. The maximum atomic E-state index is 11.2. The van der Waals surface area contributed by atoms with Gasteiger partial charge >= 0.3 is 0 Å². The number of aldehydes is 1. The van der Waals surface area contributed by atoms with E-state index in [1.165, 1.54) is 30.4 Å². The van der Waals surface area contributed by atoms with Crippen molar-refractivity contribution >= 4 is 6.29 Å². The van der Waals surface area contributed by atoms with Gasteiger partial charge in [-0.1, -0.05) is 31.6 Å². The number of nitrogens with zero attached hydrogens (tertiary/aromatic N) is 1. The third-order valence-electron chi connectivity index (χ3n) is 5.63. The number of benzene rings is 1. The summed E-state index contributed by atoms with van der Waals surface area (Å²) in [7, 11) is 2.22. The molecule has 0 radical (unpaired) electrons. The van der Waals surface area contributed by atoms with Gasteiger partial charge in [0.15, 0.2) is 0 Å². The molecule has 0 saturated heterocycles. The van der Waals surface area contributed by atoms with Crippen molar-refractivity contribution in [1.82, 2.24) is 4.90 Å². The number of carbonyl (C=O) groups excluding carboxylic acids is 1. The summed E-state index contributed by atoms with van der Waals surface area (Å²) in [5.41, 5.74) is 3.83. The Morgan fingerprint density at radius 2 is 2.29 bits per heavy atom. The fourth-order valence-corrected chi connectivity index (χ4v) is 4.89. The zero-order chi connectivity index (χ0) is 15.0. The molecule has 3 rings (SSSR count). The number of fused-ring (bicyclic) bond motifs is 4. The highest BCUT2D eigenvalue weighted by atomic mass is 16.1. The number of rotatable bonds is 4. The largest absolute Gasteiger partial charge is 0.299 e. The summed E-state index contributed by atoms with van der Waals surface area (Å²) in [5, 5.41) is 0. The fraction of sp³-hybridized carbons (Fsp3) is 0.526. The van der Waals surface area contributed by atoms with Crippen LogP contribution >= 0.6 is 0 Å². The molecule has 0 aromatic heterocycles. The van der Waals surface area contributed by atoms with E-state index in [0.29, 0.717) is 6.04 Å². The van der Waals surface area contributed by atoms with Crippen LogP contribution in [0.25, 0.3) is 0 Å². The molecule has 2 heteroatoms. The molecule has 0 amide bonds. The van der Waals surface area contributed by atoms with Crippen LogP contribution in [0, 0.1) is 5.92 Å². The van der Waals surface area contributed by atoms with Gasteiger partial charge in [0, 0.05) is 23.6 Å². The lowest BCUT2D eigenvalue weighted by Crippen LogP contribution is -2.57. The quantitative estimate of drug-likeness (QED) is 0.621. The lowest BCUT2D eigenvalue weighted by atomic mass is 9.56. The van der Waals surface area contributed by atoms with Crippen molar-refractivity contribution in [3.8, 4) is 0 Å². The molecule has 2 aliphatic carbocycles. The number of hydrogen-bond donors (Lipinski definition) is 0. The summed E-state index contributed by atoms with van der Waals surface area (Å²) >= 11 is 0. The van der Waals surface area contributed by atoms with Crippen LogP contribution in [0.2, 0.25) is 0 Å². The van der Waals surface area contributed by atoms with Crippen LogP contribution in [0.1, 0.15) is 47.7 Å². The lowest BCUT2D eigenvalue weighted by molar-refractivity contribution is 0.0533. The van der Waals surface area contributed by atoms with Crippen molar-refractivity contribution in [2.45, 2.75) is 44.1 Å². The van der Waals surface area contributed by atoms with Crippen LogP contribution in [-0.4, -0.2) is 30.8 Å². The fourth-order valence-electron chi connectivity index (χ4n) is 4.89. The summed E-state index contributed by atoms with van der Waals surface area (Å²) in [5.74, 6) is 0.725. The highest BCUT2D eigenvalue weighted by Crippen LogP contribution is 2.50. The molecule has 1 aromatic rings. The summed E-state index contributed by atoms with van der Waals surface area (Å²) in [6, 6.07) is 6.84. The van der Waals surface area contributed by atoms with E-state index in [-0.39, 0.29) is 5.41 Å². The van der Waals surface area contributed by atoms with E-state index in [9.17, 15) is 4.79 Å². The molecule has 2 aliphatic rings. The second kappa shape index (κ2) is 5.42. The van der Waals surface area contributed by atoms with Gasteiger partial charge < -0.3 is 0 Å². The van der Waals surface area contributed by atoms with E-state index in [4.69, 9.17) is 0 Å². The van der Waals surface area contributed by atoms with Crippen molar-refractivity contribution in [3.05, 3.63) is 47.5 Å². The van der Waals surface area contributed by atoms with Gasteiger partial charge in [-0.15, -0.1) is 6.58 Å². The van der Waals surface area contributed by atoms with Gasteiger partial charge in [-0.25, -0.2) is 0 Å². The van der Waals surface area contributed by atoms with Crippen molar-refractivity contribution < 1.29 is 4.79 Å². The molecule has 0 spiro atoms. The molecule has 1 aromatic carbocycles. The maximum absolute atomic E-state index is 11.2. The van der Waals surface area contributed by atoms with Gasteiger partial charge in [0.05, 0.1) is 0 Å². The summed E-state index contributed by atoms with van der Waals surface area (Å²) < 4.78 is 0. The minimum Gasteiger partial charge on any atom is -0.299 e. The van der Waals surface area contributed by atoms with E-state index < -0.39 is 0 Å². The Morgan fingerprint density at radius 1 is 1.48 bits per heavy atom. The van der Waals surface area contributed by atoms with Crippen LogP contribution in [0.15, 0.2) is 30.9 Å². The first-order valence-corrected chi connectivity index (χ1v) is 8.00. The number of likely N-dealkylation sites (N-methyl/N-ethyl adjacent to an activating group) is 1. The van der Waals surface area contributed by atoms with Crippen LogP contribution in [0.3, 0.4) is 0 Å². The Hall–Kier alpha value is -1.41. The topological polar surface area (TPSA) is 20.3 Å². The Balaban J connectivity index is 2.09. The average Bonchev–Trinajstić information content (AvgIpc) is 2.46. The Morgan fingerprint density at radius 3 is 3.00 bits per heavy atom. The maximum Gasteiger partial charge on any atom is 0.150 e. The van der Waals surface area contributed by atoms with E-state index in [1.54, 1.807) is 0 Å². The van der Waals surface area contributed by atoms with Crippen molar-refractivity contribution in [2.75, 3.05) is 13.6 Å². The molecule has 0 heterocycles. The third kappa shape index (κ3) is 2.26. The monoisotopic (exact) mass is 283 g/mol. The zero-order valence-corrected chi connectivity index (χ0v) is 13.1. The molecule has 1 fully saturated rings. The smallest absolute Gasteiger partial charge is 0.150 e. The minimum absolute atomic E-state index is 0.160. The van der Waals surface area contributed by atoms with Crippen LogP contribution in [0.4, 0.5) is 0 Å². The summed E-state index contributed by atoms with van der Waals surface area (Å²) in [6.07, 6.45) is 7.94. The summed E-state index contributed by atoms with van der Waals surface area (Å²) in [4.78, 5) is 13.6.